The fourth-order valence-electron chi connectivity index (χ4n) is 4.25. The summed E-state index contributed by atoms with van der Waals surface area (Å²) >= 11 is 11.4. The molecule has 0 radical (unpaired) electrons. The molecule has 30 heavy (non-hydrogen) atoms. The SMILES string of the molecule is O=C(NCc1ccc(Cl)cc1)C1CCC2C(=O)N(Cc3ccccc3)C(=S)NC2C1. The second-order valence-corrected chi connectivity index (χ2v) is 8.75. The molecule has 7 heteroatoms. The fourth-order valence-corrected chi connectivity index (χ4v) is 4.68. The van der Waals surface area contributed by atoms with Gasteiger partial charge < -0.3 is 10.6 Å². The Hall–Kier alpha value is -2.44. The van der Waals surface area contributed by atoms with E-state index in [2.05, 4.69) is 10.6 Å². The van der Waals surface area contributed by atoms with Gasteiger partial charge in [-0.25, -0.2) is 0 Å². The molecule has 1 aliphatic carbocycles. The maximum Gasteiger partial charge on any atom is 0.234 e. The number of halogens is 1. The number of fused-ring (bicyclic) bond motifs is 1. The topological polar surface area (TPSA) is 61.4 Å². The number of hydrogen-bond acceptors (Lipinski definition) is 3. The van der Waals surface area contributed by atoms with Gasteiger partial charge in [0.25, 0.3) is 0 Å². The van der Waals surface area contributed by atoms with Crippen LogP contribution in [0.25, 0.3) is 0 Å². The molecule has 2 aliphatic rings. The highest BCUT2D eigenvalue weighted by Gasteiger charge is 2.44. The Bertz CT molecular complexity index is 935. The number of amides is 2. The molecule has 1 aliphatic heterocycles. The number of nitrogens with one attached hydrogen (secondary N) is 2. The lowest BCUT2D eigenvalue weighted by Crippen LogP contribution is -2.61. The van der Waals surface area contributed by atoms with Crippen molar-refractivity contribution in [3.05, 3.63) is 70.7 Å². The highest BCUT2D eigenvalue weighted by Crippen LogP contribution is 2.33. The van der Waals surface area contributed by atoms with Crippen LogP contribution in [0.5, 0.6) is 0 Å². The number of carbonyl (C=O) groups excluding carboxylic acids is 2. The Kier molecular flexibility index (Phi) is 6.35. The molecule has 156 valence electrons. The molecule has 2 N–H and O–H groups in total. The van der Waals surface area contributed by atoms with Crippen LogP contribution in [0.15, 0.2) is 54.6 Å². The lowest BCUT2D eigenvalue weighted by Gasteiger charge is -2.43. The Morgan fingerprint density at radius 1 is 1.10 bits per heavy atom. The van der Waals surface area contributed by atoms with Crippen LogP contribution in [-0.2, 0) is 22.7 Å². The van der Waals surface area contributed by atoms with Gasteiger partial charge in [-0.15, -0.1) is 0 Å². The molecule has 3 unspecified atom stereocenters. The molecule has 5 nitrogen and oxygen atoms in total. The summed E-state index contributed by atoms with van der Waals surface area (Å²) in [5.74, 6) is -0.175. The predicted octanol–water partition coefficient (Wildman–Crippen LogP) is 3.66. The molecular weight excluding hydrogens is 418 g/mol. The van der Waals surface area contributed by atoms with Crippen molar-refractivity contribution >= 4 is 40.7 Å². The van der Waals surface area contributed by atoms with E-state index in [0.717, 1.165) is 11.1 Å². The first-order valence-corrected chi connectivity index (χ1v) is 11.0. The summed E-state index contributed by atoms with van der Waals surface area (Å²) < 4.78 is 0. The molecular formula is C23H24ClN3O2S. The van der Waals surface area contributed by atoms with E-state index in [1.54, 1.807) is 4.90 Å². The molecule has 1 saturated carbocycles. The minimum Gasteiger partial charge on any atom is -0.359 e. The molecule has 2 fully saturated rings. The highest BCUT2D eigenvalue weighted by molar-refractivity contribution is 7.80. The molecule has 3 atom stereocenters. The molecule has 2 aromatic carbocycles. The summed E-state index contributed by atoms with van der Waals surface area (Å²) in [6.45, 7) is 0.940. The number of carbonyl (C=O) groups is 2. The van der Waals surface area contributed by atoms with Gasteiger partial charge in [-0.05, 0) is 54.7 Å². The molecule has 1 saturated heterocycles. The first-order chi connectivity index (χ1) is 14.5. The van der Waals surface area contributed by atoms with Crippen LogP contribution in [-0.4, -0.2) is 27.9 Å². The van der Waals surface area contributed by atoms with Crippen LogP contribution >= 0.6 is 23.8 Å². The third-order valence-corrected chi connectivity index (χ3v) is 6.51. The largest absolute Gasteiger partial charge is 0.359 e. The van der Waals surface area contributed by atoms with Crippen molar-refractivity contribution < 1.29 is 9.59 Å². The number of thiocarbonyl (C=S) groups is 1. The van der Waals surface area contributed by atoms with Crippen LogP contribution in [0.2, 0.25) is 5.02 Å². The summed E-state index contributed by atoms with van der Waals surface area (Å²) in [6, 6.07) is 17.2. The number of nitrogens with zero attached hydrogens (tertiary/aromatic N) is 1. The smallest absolute Gasteiger partial charge is 0.234 e. The van der Waals surface area contributed by atoms with Crippen LogP contribution < -0.4 is 10.6 Å². The average Bonchev–Trinajstić information content (AvgIpc) is 2.76. The summed E-state index contributed by atoms with van der Waals surface area (Å²) in [6.07, 6.45) is 2.00. The first kappa shape index (κ1) is 20.8. The monoisotopic (exact) mass is 441 g/mol. The van der Waals surface area contributed by atoms with E-state index in [0.29, 0.717) is 42.5 Å². The quantitative estimate of drug-likeness (QED) is 0.695. The van der Waals surface area contributed by atoms with Gasteiger partial charge in [-0.2, -0.15) is 0 Å². The first-order valence-electron chi connectivity index (χ1n) is 10.2. The zero-order valence-electron chi connectivity index (χ0n) is 16.5. The summed E-state index contributed by atoms with van der Waals surface area (Å²) in [4.78, 5) is 27.4. The van der Waals surface area contributed by atoms with Gasteiger partial charge in [0.1, 0.15) is 0 Å². The van der Waals surface area contributed by atoms with Gasteiger partial charge in [-0.3, -0.25) is 14.5 Å². The van der Waals surface area contributed by atoms with Gasteiger partial charge in [0.2, 0.25) is 11.8 Å². The van der Waals surface area contributed by atoms with Crippen LogP contribution in [0, 0.1) is 11.8 Å². The third kappa shape index (κ3) is 4.65. The van der Waals surface area contributed by atoms with Crippen molar-refractivity contribution in [2.75, 3.05) is 0 Å². The summed E-state index contributed by atoms with van der Waals surface area (Å²) in [5.41, 5.74) is 2.05. The van der Waals surface area contributed by atoms with Crippen LogP contribution in [0.4, 0.5) is 0 Å². The van der Waals surface area contributed by atoms with Gasteiger partial charge in [-0.1, -0.05) is 54.1 Å². The molecule has 2 aromatic rings. The highest BCUT2D eigenvalue weighted by atomic mass is 35.5. The van der Waals surface area contributed by atoms with Crippen molar-refractivity contribution in [2.45, 2.75) is 38.4 Å². The van der Waals surface area contributed by atoms with E-state index < -0.39 is 0 Å². The lowest BCUT2D eigenvalue weighted by atomic mass is 9.76. The Balaban J connectivity index is 1.34. The van der Waals surface area contributed by atoms with Gasteiger partial charge in [0.15, 0.2) is 5.11 Å². The lowest BCUT2D eigenvalue weighted by molar-refractivity contribution is -0.138. The van der Waals surface area contributed by atoms with E-state index in [-0.39, 0.29) is 29.7 Å². The fraction of sp³-hybridized carbons (Fsp3) is 0.348. The maximum atomic E-state index is 13.1. The van der Waals surface area contributed by atoms with Crippen molar-refractivity contribution in [1.29, 1.82) is 0 Å². The molecule has 0 aromatic heterocycles. The molecule has 0 spiro atoms. The van der Waals surface area contributed by atoms with Gasteiger partial charge >= 0.3 is 0 Å². The third-order valence-electron chi connectivity index (χ3n) is 5.92. The minimum absolute atomic E-state index is 0.0234. The van der Waals surface area contributed by atoms with E-state index in [9.17, 15) is 9.59 Å². The van der Waals surface area contributed by atoms with E-state index in [1.807, 2.05) is 54.6 Å². The zero-order valence-corrected chi connectivity index (χ0v) is 18.1. The zero-order chi connectivity index (χ0) is 21.1. The summed E-state index contributed by atoms with van der Waals surface area (Å²) in [7, 11) is 0. The molecule has 1 heterocycles. The van der Waals surface area contributed by atoms with Crippen LogP contribution in [0.3, 0.4) is 0 Å². The van der Waals surface area contributed by atoms with E-state index in [4.69, 9.17) is 23.8 Å². The Labute approximate surface area is 186 Å². The Morgan fingerprint density at radius 3 is 2.57 bits per heavy atom. The van der Waals surface area contributed by atoms with E-state index >= 15 is 0 Å². The average molecular weight is 442 g/mol. The number of hydrogen-bond donors (Lipinski definition) is 2. The summed E-state index contributed by atoms with van der Waals surface area (Å²) in [5, 5.41) is 7.46. The Morgan fingerprint density at radius 2 is 1.83 bits per heavy atom. The maximum absolute atomic E-state index is 13.1. The van der Waals surface area contributed by atoms with Crippen molar-refractivity contribution in [3.63, 3.8) is 0 Å². The minimum atomic E-state index is -0.138. The number of benzene rings is 2. The van der Waals surface area contributed by atoms with Crippen molar-refractivity contribution in [1.82, 2.24) is 15.5 Å². The predicted molar refractivity (Wildman–Crippen MR) is 121 cm³/mol. The molecule has 4 rings (SSSR count). The normalized spacial score (nSPS) is 23.5. The standard InChI is InChI=1S/C23H24ClN3O2S/c24-18-9-6-15(7-10-18)13-25-21(28)17-8-11-19-20(12-17)26-23(30)27(22(19)29)14-16-4-2-1-3-5-16/h1-7,9-10,17,19-20H,8,11-14H2,(H,25,28)(H,26,30). The second kappa shape index (κ2) is 9.14. The van der Waals surface area contributed by atoms with Crippen molar-refractivity contribution in [2.24, 2.45) is 11.8 Å². The molecule has 2 amide bonds. The second-order valence-electron chi connectivity index (χ2n) is 7.93. The molecule has 0 bridgehead atoms. The number of rotatable bonds is 5. The van der Waals surface area contributed by atoms with Gasteiger partial charge in [0.05, 0.1) is 12.5 Å². The van der Waals surface area contributed by atoms with Gasteiger partial charge in [0, 0.05) is 23.5 Å². The van der Waals surface area contributed by atoms with Crippen molar-refractivity contribution in [3.8, 4) is 0 Å². The van der Waals surface area contributed by atoms with E-state index in [1.165, 1.54) is 0 Å². The van der Waals surface area contributed by atoms with Crippen LogP contribution in [0.1, 0.15) is 30.4 Å².